The second-order valence-corrected chi connectivity index (χ2v) is 7.47. The molecule has 28 heavy (non-hydrogen) atoms. The number of aromatic nitrogens is 2. The minimum atomic E-state index is -0.184. The van der Waals surface area contributed by atoms with Crippen molar-refractivity contribution in [2.24, 2.45) is 0 Å². The first-order valence-corrected chi connectivity index (χ1v) is 9.71. The molecule has 1 atom stereocenters. The summed E-state index contributed by atoms with van der Waals surface area (Å²) < 4.78 is 7.38. The Kier molecular flexibility index (Phi) is 5.04. The molecule has 2 aromatic carbocycles. The van der Waals surface area contributed by atoms with E-state index in [1.54, 1.807) is 23.1 Å². The van der Waals surface area contributed by atoms with Crippen molar-refractivity contribution in [2.45, 2.75) is 19.5 Å². The van der Waals surface area contributed by atoms with Crippen molar-refractivity contribution >= 4 is 29.1 Å². The van der Waals surface area contributed by atoms with Crippen LogP contribution >= 0.6 is 23.2 Å². The van der Waals surface area contributed by atoms with E-state index in [0.717, 1.165) is 17.1 Å². The summed E-state index contributed by atoms with van der Waals surface area (Å²) >= 11 is 12.5. The van der Waals surface area contributed by atoms with Gasteiger partial charge in [-0.25, -0.2) is 4.98 Å². The van der Waals surface area contributed by atoms with Gasteiger partial charge in [0.1, 0.15) is 11.6 Å². The summed E-state index contributed by atoms with van der Waals surface area (Å²) in [6, 6.07) is 12.7. The van der Waals surface area contributed by atoms with Crippen molar-refractivity contribution in [1.29, 1.82) is 0 Å². The van der Waals surface area contributed by atoms with Crippen LogP contribution in [0.1, 0.15) is 29.1 Å². The van der Waals surface area contributed by atoms with Crippen LogP contribution in [-0.2, 0) is 6.54 Å². The van der Waals surface area contributed by atoms with E-state index in [-0.39, 0.29) is 11.9 Å². The van der Waals surface area contributed by atoms with E-state index in [1.165, 1.54) is 7.11 Å². The highest BCUT2D eigenvalue weighted by Crippen LogP contribution is 2.34. The van der Waals surface area contributed by atoms with Crippen molar-refractivity contribution in [2.75, 3.05) is 13.7 Å². The van der Waals surface area contributed by atoms with Gasteiger partial charge in [-0.05, 0) is 31.2 Å². The predicted molar refractivity (Wildman–Crippen MR) is 110 cm³/mol. The van der Waals surface area contributed by atoms with E-state index in [2.05, 4.69) is 9.55 Å². The molecule has 0 aliphatic carbocycles. The zero-order valence-electron chi connectivity index (χ0n) is 15.5. The minimum Gasteiger partial charge on any atom is -0.495 e. The lowest BCUT2D eigenvalue weighted by atomic mass is 10.1. The molecule has 1 aliphatic heterocycles. The Labute approximate surface area is 173 Å². The molecule has 1 amide bonds. The van der Waals surface area contributed by atoms with Gasteiger partial charge in [-0.3, -0.25) is 4.79 Å². The van der Waals surface area contributed by atoms with Gasteiger partial charge < -0.3 is 14.2 Å². The maximum absolute atomic E-state index is 13.2. The smallest absolute Gasteiger partial charge is 0.256 e. The molecule has 2 heterocycles. The Morgan fingerprint density at radius 1 is 1.18 bits per heavy atom. The molecular weight excluding hydrogens is 397 g/mol. The van der Waals surface area contributed by atoms with Crippen LogP contribution < -0.4 is 4.74 Å². The van der Waals surface area contributed by atoms with Gasteiger partial charge in [0.15, 0.2) is 0 Å². The summed E-state index contributed by atoms with van der Waals surface area (Å²) in [5, 5.41) is 1.01. The van der Waals surface area contributed by atoms with Gasteiger partial charge in [-0.15, -0.1) is 0 Å². The van der Waals surface area contributed by atoms with Gasteiger partial charge in [-0.1, -0.05) is 41.4 Å². The Balaban J connectivity index is 1.66. The Morgan fingerprint density at radius 2 is 1.96 bits per heavy atom. The van der Waals surface area contributed by atoms with Crippen LogP contribution in [0.25, 0.3) is 11.3 Å². The van der Waals surface area contributed by atoms with Crippen LogP contribution in [0.15, 0.2) is 48.7 Å². The quantitative estimate of drug-likeness (QED) is 0.598. The zero-order valence-corrected chi connectivity index (χ0v) is 17.0. The Bertz CT molecular complexity index is 1050. The second kappa shape index (κ2) is 7.49. The number of rotatable bonds is 3. The number of carbonyl (C=O) groups is 1. The Hall–Kier alpha value is -2.50. The molecule has 0 fully saturated rings. The third-order valence-electron chi connectivity index (χ3n) is 5.09. The molecule has 0 saturated carbocycles. The molecule has 144 valence electrons. The van der Waals surface area contributed by atoms with Crippen LogP contribution in [0, 0.1) is 0 Å². The normalized spacial score (nSPS) is 16.0. The number of fused-ring (bicyclic) bond motifs is 1. The third kappa shape index (κ3) is 3.15. The van der Waals surface area contributed by atoms with Crippen LogP contribution in [0.3, 0.4) is 0 Å². The molecular formula is C21H19Cl2N3O2. The van der Waals surface area contributed by atoms with Gasteiger partial charge in [0.05, 0.1) is 35.6 Å². The van der Waals surface area contributed by atoms with E-state index < -0.39 is 0 Å². The molecule has 7 heteroatoms. The number of halogens is 2. The van der Waals surface area contributed by atoms with E-state index in [1.807, 2.05) is 37.4 Å². The fourth-order valence-corrected chi connectivity index (χ4v) is 4.12. The van der Waals surface area contributed by atoms with Gasteiger partial charge in [0.2, 0.25) is 0 Å². The van der Waals surface area contributed by atoms with Crippen LogP contribution in [0.5, 0.6) is 5.75 Å². The third-order valence-corrected chi connectivity index (χ3v) is 5.71. The number of carbonyl (C=O) groups excluding carboxylic acids is 1. The van der Waals surface area contributed by atoms with E-state index in [4.69, 9.17) is 27.9 Å². The zero-order chi connectivity index (χ0) is 19.8. The molecule has 0 bridgehead atoms. The number of nitrogens with zero attached hydrogens (tertiary/aromatic N) is 3. The van der Waals surface area contributed by atoms with Gasteiger partial charge in [-0.2, -0.15) is 0 Å². The molecule has 1 aliphatic rings. The number of amides is 1. The van der Waals surface area contributed by atoms with Crippen LogP contribution in [0.4, 0.5) is 0 Å². The lowest BCUT2D eigenvalue weighted by Gasteiger charge is -2.34. The highest BCUT2D eigenvalue weighted by atomic mass is 35.5. The fraction of sp³-hybridized carbons (Fsp3) is 0.238. The molecule has 0 unspecified atom stereocenters. The number of benzene rings is 2. The molecule has 5 nitrogen and oxygen atoms in total. The first kappa shape index (κ1) is 18.8. The first-order chi connectivity index (χ1) is 13.5. The standard InChI is InChI=1S/C21H19Cl2N3O2/c1-13-20-24-12-17(14-5-3-6-15(22)11-14)26(20)10-9-25(13)21(27)16-7-4-8-18(28-2)19(16)23/h3-8,11-13H,9-10H2,1-2H3/t13-/m0/s1. The minimum absolute atomic E-state index is 0.130. The number of ether oxygens (including phenoxy) is 1. The summed E-state index contributed by atoms with van der Waals surface area (Å²) in [5.41, 5.74) is 2.44. The summed E-state index contributed by atoms with van der Waals surface area (Å²) in [6.07, 6.45) is 1.84. The first-order valence-electron chi connectivity index (χ1n) is 8.96. The van der Waals surface area contributed by atoms with Gasteiger partial charge >= 0.3 is 0 Å². The highest BCUT2D eigenvalue weighted by molar-refractivity contribution is 6.35. The Morgan fingerprint density at radius 3 is 2.71 bits per heavy atom. The van der Waals surface area contributed by atoms with Crippen molar-refractivity contribution < 1.29 is 9.53 Å². The predicted octanol–water partition coefficient (Wildman–Crippen LogP) is 5.08. The van der Waals surface area contributed by atoms with E-state index in [9.17, 15) is 4.79 Å². The maximum Gasteiger partial charge on any atom is 0.256 e. The van der Waals surface area contributed by atoms with E-state index >= 15 is 0 Å². The second-order valence-electron chi connectivity index (χ2n) is 6.66. The van der Waals surface area contributed by atoms with Gasteiger partial charge in [0, 0.05) is 23.7 Å². The topological polar surface area (TPSA) is 47.4 Å². The van der Waals surface area contributed by atoms with Crippen molar-refractivity contribution in [3.63, 3.8) is 0 Å². The average Bonchev–Trinajstić information content (AvgIpc) is 3.13. The number of hydrogen-bond donors (Lipinski definition) is 0. The summed E-state index contributed by atoms with van der Waals surface area (Å²) in [5.74, 6) is 1.20. The van der Waals surface area contributed by atoms with E-state index in [0.29, 0.717) is 34.4 Å². The van der Waals surface area contributed by atoms with Crippen molar-refractivity contribution in [3.8, 4) is 17.0 Å². The molecule has 0 radical (unpaired) electrons. The number of imidazole rings is 1. The molecule has 0 N–H and O–H groups in total. The highest BCUT2D eigenvalue weighted by Gasteiger charge is 2.32. The maximum atomic E-state index is 13.2. The summed E-state index contributed by atoms with van der Waals surface area (Å²) in [4.78, 5) is 19.6. The van der Waals surface area contributed by atoms with Crippen LogP contribution in [-0.4, -0.2) is 34.0 Å². The number of methoxy groups -OCH3 is 1. The lowest BCUT2D eigenvalue weighted by molar-refractivity contribution is 0.0638. The molecule has 1 aromatic heterocycles. The summed E-state index contributed by atoms with van der Waals surface area (Å²) in [6.45, 7) is 3.19. The van der Waals surface area contributed by atoms with Crippen molar-refractivity contribution in [1.82, 2.24) is 14.5 Å². The molecule has 4 rings (SSSR count). The SMILES string of the molecule is COc1cccc(C(=O)N2CCn3c(-c4cccc(Cl)c4)cnc3[C@@H]2C)c1Cl. The largest absolute Gasteiger partial charge is 0.495 e. The number of hydrogen-bond acceptors (Lipinski definition) is 3. The fourth-order valence-electron chi connectivity index (χ4n) is 3.64. The summed E-state index contributed by atoms with van der Waals surface area (Å²) in [7, 11) is 1.53. The average molecular weight is 416 g/mol. The molecule has 0 saturated heterocycles. The van der Waals surface area contributed by atoms with Gasteiger partial charge in [0.25, 0.3) is 5.91 Å². The van der Waals surface area contributed by atoms with Crippen LogP contribution in [0.2, 0.25) is 10.0 Å². The molecule has 3 aromatic rings. The van der Waals surface area contributed by atoms with Crippen molar-refractivity contribution in [3.05, 3.63) is 70.1 Å². The lowest BCUT2D eigenvalue weighted by Crippen LogP contribution is -2.41. The monoisotopic (exact) mass is 415 g/mol. The molecule has 0 spiro atoms.